The lowest BCUT2D eigenvalue weighted by molar-refractivity contribution is -0.135. The van der Waals surface area contributed by atoms with Crippen LogP contribution in [0, 0.1) is 0 Å². The van der Waals surface area contributed by atoms with Gasteiger partial charge in [-0.2, -0.15) is 0 Å². The molecule has 2 heterocycles. The molecule has 0 aliphatic heterocycles. The summed E-state index contributed by atoms with van der Waals surface area (Å²) in [6, 6.07) is 7.81. The molecule has 0 unspecified atom stereocenters. The van der Waals surface area contributed by atoms with Crippen LogP contribution in [0.3, 0.4) is 0 Å². The van der Waals surface area contributed by atoms with Gasteiger partial charge in [0, 0.05) is 13.8 Å². The highest BCUT2D eigenvalue weighted by Crippen LogP contribution is 2.13. The van der Waals surface area contributed by atoms with Crippen molar-refractivity contribution in [2.75, 3.05) is 0 Å². The standard InChI is InChI=1S/C6H4O.2C2H4O2/c1-2-6-4-3-5(1)7-6;2*1-2(3)4/h1-4H;2*1H3,(H,3,4). The average molecular weight is 212 g/mol. The van der Waals surface area contributed by atoms with Crippen molar-refractivity contribution in [3.05, 3.63) is 24.3 Å². The van der Waals surface area contributed by atoms with Gasteiger partial charge >= 0.3 is 0 Å². The molecule has 15 heavy (non-hydrogen) atoms. The number of aliphatic carboxylic acids is 2. The molecule has 0 aromatic carbocycles. The van der Waals surface area contributed by atoms with Crippen molar-refractivity contribution in [1.82, 2.24) is 0 Å². The summed E-state index contributed by atoms with van der Waals surface area (Å²) in [6.45, 7) is 2.17. The number of furan rings is 2. The Kier molecular flexibility index (Phi) is 5.55. The van der Waals surface area contributed by atoms with E-state index in [2.05, 4.69) is 0 Å². The van der Waals surface area contributed by atoms with Gasteiger partial charge in [0.05, 0.1) is 0 Å². The molecule has 0 amide bonds. The third-order valence-corrected chi connectivity index (χ3v) is 1.06. The minimum Gasteiger partial charge on any atom is -0.481 e. The van der Waals surface area contributed by atoms with Gasteiger partial charge in [0.2, 0.25) is 0 Å². The first-order valence-corrected chi connectivity index (χ1v) is 4.09. The Morgan fingerprint density at radius 2 is 1.13 bits per heavy atom. The van der Waals surface area contributed by atoms with Crippen molar-refractivity contribution in [3.63, 3.8) is 0 Å². The van der Waals surface area contributed by atoms with Gasteiger partial charge in [-0.1, -0.05) is 0 Å². The van der Waals surface area contributed by atoms with Crippen LogP contribution in [0.25, 0.3) is 11.2 Å². The minimum absolute atomic E-state index is 0.833. The molecule has 5 heteroatoms. The zero-order valence-corrected chi connectivity index (χ0v) is 8.43. The second-order valence-corrected chi connectivity index (χ2v) is 2.61. The summed E-state index contributed by atoms with van der Waals surface area (Å²) in [5.74, 6) is -1.67. The Morgan fingerprint density at radius 1 is 0.933 bits per heavy atom. The molecule has 0 saturated carbocycles. The maximum Gasteiger partial charge on any atom is 0.300 e. The number of benzene rings is 1. The molecular weight excluding hydrogens is 200 g/mol. The molecule has 2 bridgehead atoms. The fourth-order valence-electron chi connectivity index (χ4n) is 0.712. The first kappa shape index (κ1) is 13.0. The van der Waals surface area contributed by atoms with E-state index in [4.69, 9.17) is 24.2 Å². The van der Waals surface area contributed by atoms with E-state index in [9.17, 15) is 0 Å². The Hall–Kier alpha value is -2.04. The van der Waals surface area contributed by atoms with Crippen molar-refractivity contribution in [2.45, 2.75) is 13.8 Å². The second-order valence-electron chi connectivity index (χ2n) is 2.61. The lowest BCUT2D eigenvalue weighted by atomic mass is 10.4. The Bertz CT molecular complexity index is 338. The predicted molar refractivity (Wildman–Crippen MR) is 54.0 cm³/mol. The van der Waals surface area contributed by atoms with E-state index < -0.39 is 11.9 Å². The van der Waals surface area contributed by atoms with Gasteiger partial charge in [0.25, 0.3) is 11.9 Å². The van der Waals surface area contributed by atoms with Crippen molar-refractivity contribution in [3.8, 4) is 0 Å². The van der Waals surface area contributed by atoms with E-state index in [-0.39, 0.29) is 0 Å². The zero-order chi connectivity index (χ0) is 11.8. The highest BCUT2D eigenvalue weighted by atomic mass is 16.4. The Morgan fingerprint density at radius 3 is 1.20 bits per heavy atom. The summed E-state index contributed by atoms with van der Waals surface area (Å²) in [7, 11) is 0. The van der Waals surface area contributed by atoms with Crippen LogP contribution >= 0.6 is 0 Å². The molecule has 0 aliphatic carbocycles. The molecule has 2 aromatic rings. The van der Waals surface area contributed by atoms with Crippen molar-refractivity contribution < 1.29 is 24.2 Å². The van der Waals surface area contributed by atoms with Gasteiger partial charge in [0.1, 0.15) is 11.2 Å². The molecule has 0 atom stereocenters. The molecule has 0 radical (unpaired) electrons. The van der Waals surface area contributed by atoms with E-state index in [0.29, 0.717) is 0 Å². The third kappa shape index (κ3) is 8.29. The number of carboxylic acid groups (broad SMARTS) is 2. The van der Waals surface area contributed by atoms with Gasteiger partial charge in [0.15, 0.2) is 0 Å². The molecule has 0 spiro atoms. The van der Waals surface area contributed by atoms with Crippen LogP contribution in [0.5, 0.6) is 0 Å². The van der Waals surface area contributed by atoms with E-state index in [1.54, 1.807) is 0 Å². The maximum atomic E-state index is 9.00. The Labute approximate surface area is 86.3 Å². The zero-order valence-electron chi connectivity index (χ0n) is 8.43. The first-order chi connectivity index (χ1) is 6.91. The number of carbonyl (C=O) groups is 2. The van der Waals surface area contributed by atoms with Crippen LogP contribution < -0.4 is 0 Å². The SMILES string of the molecule is CC(=O)O.CC(=O)O.c1cc2ccc1o2. The van der Waals surface area contributed by atoms with Crippen molar-refractivity contribution in [2.24, 2.45) is 0 Å². The van der Waals surface area contributed by atoms with Crippen LogP contribution in [-0.4, -0.2) is 22.2 Å². The molecule has 0 fully saturated rings. The normalized spacial score (nSPS) is 8.40. The fourth-order valence-corrected chi connectivity index (χ4v) is 0.712. The number of hydrogen-bond donors (Lipinski definition) is 2. The van der Waals surface area contributed by atoms with Crippen molar-refractivity contribution in [1.29, 1.82) is 0 Å². The molecule has 0 aliphatic rings. The molecule has 2 aromatic heterocycles. The van der Waals surface area contributed by atoms with Gasteiger partial charge < -0.3 is 14.6 Å². The highest BCUT2D eigenvalue weighted by Gasteiger charge is 1.91. The summed E-state index contributed by atoms with van der Waals surface area (Å²) in [5, 5.41) is 14.8. The number of carboxylic acids is 2. The summed E-state index contributed by atoms with van der Waals surface area (Å²) >= 11 is 0. The first-order valence-electron chi connectivity index (χ1n) is 4.09. The van der Waals surface area contributed by atoms with E-state index >= 15 is 0 Å². The van der Waals surface area contributed by atoms with E-state index in [0.717, 1.165) is 25.0 Å². The average Bonchev–Trinajstić information content (AvgIpc) is 2.62. The Balaban J connectivity index is 0.000000216. The van der Waals surface area contributed by atoms with E-state index in [1.165, 1.54) is 0 Å². The summed E-state index contributed by atoms with van der Waals surface area (Å²) in [4.78, 5) is 18.0. The summed E-state index contributed by atoms with van der Waals surface area (Å²) < 4.78 is 5.08. The maximum absolute atomic E-state index is 9.00. The van der Waals surface area contributed by atoms with Crippen LogP contribution in [-0.2, 0) is 9.59 Å². The smallest absolute Gasteiger partial charge is 0.300 e. The van der Waals surface area contributed by atoms with E-state index in [1.807, 2.05) is 24.3 Å². The number of hydrogen-bond acceptors (Lipinski definition) is 3. The highest BCUT2D eigenvalue weighted by molar-refractivity contribution is 5.63. The molecule has 2 rings (SSSR count). The monoisotopic (exact) mass is 212 g/mol. The summed E-state index contributed by atoms with van der Waals surface area (Å²) in [5.41, 5.74) is 1.94. The van der Waals surface area contributed by atoms with Gasteiger partial charge in [-0.3, -0.25) is 9.59 Å². The summed E-state index contributed by atoms with van der Waals surface area (Å²) in [6.07, 6.45) is 0. The molecule has 82 valence electrons. The largest absolute Gasteiger partial charge is 0.481 e. The van der Waals surface area contributed by atoms with Crippen LogP contribution in [0.4, 0.5) is 0 Å². The topological polar surface area (TPSA) is 87.7 Å². The molecule has 0 saturated heterocycles. The molecule has 2 N–H and O–H groups in total. The lowest BCUT2D eigenvalue weighted by Gasteiger charge is -1.60. The van der Waals surface area contributed by atoms with Crippen molar-refractivity contribution >= 4 is 23.1 Å². The number of rotatable bonds is 0. The van der Waals surface area contributed by atoms with Gasteiger partial charge in [-0.15, -0.1) is 0 Å². The fraction of sp³-hybridized carbons (Fsp3) is 0.200. The minimum atomic E-state index is -0.833. The van der Waals surface area contributed by atoms with Gasteiger partial charge in [-0.05, 0) is 24.3 Å². The van der Waals surface area contributed by atoms with Crippen LogP contribution in [0.1, 0.15) is 13.8 Å². The molecular formula is C10H12O5. The van der Waals surface area contributed by atoms with Gasteiger partial charge in [-0.25, -0.2) is 0 Å². The molecule has 5 nitrogen and oxygen atoms in total. The predicted octanol–water partition coefficient (Wildman–Crippen LogP) is 2.05. The quantitative estimate of drug-likeness (QED) is 0.697. The third-order valence-electron chi connectivity index (χ3n) is 1.06. The lowest BCUT2D eigenvalue weighted by Crippen LogP contribution is -1.78. The van der Waals surface area contributed by atoms with Crippen LogP contribution in [0.15, 0.2) is 28.7 Å². The number of fused-ring (bicyclic) bond motifs is 2. The van der Waals surface area contributed by atoms with Crippen LogP contribution in [0.2, 0.25) is 0 Å². The second kappa shape index (κ2) is 6.42.